The van der Waals surface area contributed by atoms with Crippen LogP contribution in [0, 0.1) is 11.8 Å². The molecule has 0 aliphatic carbocycles. The molecule has 0 spiro atoms. The van der Waals surface area contributed by atoms with Gasteiger partial charge in [-0.1, -0.05) is 24.1 Å². The number of hydrogen-bond donors (Lipinski definition) is 2. The lowest BCUT2D eigenvalue weighted by atomic mass is 10.1. The zero-order chi connectivity index (χ0) is 20.9. The Bertz CT molecular complexity index is 1110. The number of para-hydroxylation sites is 1. The van der Waals surface area contributed by atoms with Gasteiger partial charge >= 0.3 is 0 Å². The first kappa shape index (κ1) is 19.9. The fraction of sp³-hybridized carbons (Fsp3) is 0.348. The van der Waals surface area contributed by atoms with E-state index < -0.39 is 0 Å². The number of hydrogen-bond acceptors (Lipinski definition) is 5. The Morgan fingerprint density at radius 2 is 2.17 bits per heavy atom. The number of nitrogens with zero attached hydrogens (tertiary/aromatic N) is 4. The SMILES string of the molecule is CC#CCn1c(C(=O)NCc2cnc3ccccc3c2)cnc1N1CCCC(N)C1. The summed E-state index contributed by atoms with van der Waals surface area (Å²) < 4.78 is 1.88. The number of piperidine rings is 1. The minimum absolute atomic E-state index is 0.124. The smallest absolute Gasteiger partial charge is 0.269 e. The fourth-order valence-corrected chi connectivity index (χ4v) is 3.79. The number of rotatable bonds is 5. The number of nitrogens with two attached hydrogens (primary N) is 1. The predicted molar refractivity (Wildman–Crippen MR) is 118 cm³/mol. The number of anilines is 1. The summed E-state index contributed by atoms with van der Waals surface area (Å²) in [5, 5.41) is 4.04. The van der Waals surface area contributed by atoms with Crippen molar-refractivity contribution in [3.8, 4) is 11.8 Å². The van der Waals surface area contributed by atoms with Crippen LogP contribution >= 0.6 is 0 Å². The van der Waals surface area contributed by atoms with Crippen molar-refractivity contribution in [2.45, 2.75) is 38.9 Å². The number of pyridine rings is 1. The first-order valence-corrected chi connectivity index (χ1v) is 10.2. The second-order valence-electron chi connectivity index (χ2n) is 7.52. The van der Waals surface area contributed by atoms with Crippen LogP contribution in [0.5, 0.6) is 0 Å². The molecule has 1 saturated heterocycles. The van der Waals surface area contributed by atoms with Crippen LogP contribution in [-0.2, 0) is 13.1 Å². The third-order valence-electron chi connectivity index (χ3n) is 5.32. The average Bonchev–Trinajstić information content (AvgIpc) is 3.20. The maximum atomic E-state index is 12.9. The van der Waals surface area contributed by atoms with E-state index in [9.17, 15) is 4.79 Å². The molecule has 154 valence electrons. The van der Waals surface area contributed by atoms with E-state index in [1.54, 1.807) is 19.3 Å². The van der Waals surface area contributed by atoms with Crippen molar-refractivity contribution in [2.24, 2.45) is 5.73 Å². The van der Waals surface area contributed by atoms with Crippen molar-refractivity contribution in [3.05, 3.63) is 54.0 Å². The lowest BCUT2D eigenvalue weighted by Gasteiger charge is -2.31. The lowest BCUT2D eigenvalue weighted by Crippen LogP contribution is -2.44. The number of carbonyl (C=O) groups is 1. The molecule has 1 atom stereocenters. The maximum absolute atomic E-state index is 12.9. The fourth-order valence-electron chi connectivity index (χ4n) is 3.79. The molecule has 0 radical (unpaired) electrons. The van der Waals surface area contributed by atoms with E-state index in [0.29, 0.717) is 18.8 Å². The van der Waals surface area contributed by atoms with E-state index in [2.05, 4.69) is 32.0 Å². The van der Waals surface area contributed by atoms with Crippen molar-refractivity contribution in [2.75, 3.05) is 18.0 Å². The first-order chi connectivity index (χ1) is 14.7. The molecule has 1 aliphatic rings. The van der Waals surface area contributed by atoms with Crippen molar-refractivity contribution < 1.29 is 4.79 Å². The van der Waals surface area contributed by atoms with Crippen LogP contribution in [-0.4, -0.2) is 39.6 Å². The highest BCUT2D eigenvalue weighted by atomic mass is 16.2. The number of fused-ring (bicyclic) bond motifs is 1. The Morgan fingerprint density at radius 1 is 1.30 bits per heavy atom. The highest BCUT2D eigenvalue weighted by Crippen LogP contribution is 2.20. The summed E-state index contributed by atoms with van der Waals surface area (Å²) in [5.41, 5.74) is 8.53. The Hall–Kier alpha value is -3.37. The van der Waals surface area contributed by atoms with Crippen LogP contribution in [0.15, 0.2) is 42.7 Å². The monoisotopic (exact) mass is 402 g/mol. The first-order valence-electron chi connectivity index (χ1n) is 10.2. The summed E-state index contributed by atoms with van der Waals surface area (Å²) in [4.78, 5) is 24.1. The molecule has 7 nitrogen and oxygen atoms in total. The van der Waals surface area contributed by atoms with E-state index >= 15 is 0 Å². The van der Waals surface area contributed by atoms with E-state index in [1.165, 1.54) is 0 Å². The molecule has 0 bridgehead atoms. The zero-order valence-electron chi connectivity index (χ0n) is 17.1. The maximum Gasteiger partial charge on any atom is 0.269 e. The van der Waals surface area contributed by atoms with Gasteiger partial charge < -0.3 is 16.0 Å². The number of aromatic nitrogens is 3. The third-order valence-corrected chi connectivity index (χ3v) is 5.32. The molecule has 7 heteroatoms. The van der Waals surface area contributed by atoms with Gasteiger partial charge in [-0.2, -0.15) is 0 Å². The quantitative estimate of drug-likeness (QED) is 0.640. The summed E-state index contributed by atoms with van der Waals surface area (Å²) in [5.74, 6) is 6.54. The zero-order valence-corrected chi connectivity index (χ0v) is 17.1. The van der Waals surface area contributed by atoms with Crippen molar-refractivity contribution in [1.29, 1.82) is 0 Å². The Kier molecular flexibility index (Phi) is 5.96. The summed E-state index contributed by atoms with van der Waals surface area (Å²) in [6, 6.07) is 10.1. The highest BCUT2D eigenvalue weighted by molar-refractivity contribution is 5.93. The topological polar surface area (TPSA) is 89.1 Å². The predicted octanol–water partition coefficient (Wildman–Crippen LogP) is 2.31. The number of amides is 1. The second kappa shape index (κ2) is 8.97. The van der Waals surface area contributed by atoms with E-state index in [4.69, 9.17) is 5.73 Å². The summed E-state index contributed by atoms with van der Waals surface area (Å²) in [7, 11) is 0. The van der Waals surface area contributed by atoms with Crippen LogP contribution in [0.4, 0.5) is 5.95 Å². The third kappa shape index (κ3) is 4.29. The number of imidazole rings is 1. The Labute approximate surface area is 176 Å². The molecular formula is C23H26N6O. The molecule has 1 fully saturated rings. The lowest BCUT2D eigenvalue weighted by molar-refractivity contribution is 0.0942. The van der Waals surface area contributed by atoms with Gasteiger partial charge in [0.15, 0.2) is 0 Å². The van der Waals surface area contributed by atoms with Gasteiger partial charge in [0.25, 0.3) is 5.91 Å². The van der Waals surface area contributed by atoms with E-state index in [0.717, 1.165) is 48.3 Å². The van der Waals surface area contributed by atoms with Gasteiger partial charge in [0.2, 0.25) is 5.95 Å². The van der Waals surface area contributed by atoms with Gasteiger partial charge in [-0.25, -0.2) is 4.98 Å². The molecule has 1 amide bonds. The van der Waals surface area contributed by atoms with E-state index in [-0.39, 0.29) is 11.9 Å². The van der Waals surface area contributed by atoms with Crippen molar-refractivity contribution in [3.63, 3.8) is 0 Å². The van der Waals surface area contributed by atoms with Gasteiger partial charge in [-0.15, -0.1) is 5.92 Å². The number of nitrogens with one attached hydrogen (secondary N) is 1. The second-order valence-corrected chi connectivity index (χ2v) is 7.52. The molecule has 3 heterocycles. The van der Waals surface area contributed by atoms with Gasteiger partial charge in [-0.05, 0) is 37.5 Å². The normalized spacial score (nSPS) is 16.2. The average molecular weight is 403 g/mol. The number of benzene rings is 1. The molecule has 1 unspecified atom stereocenters. The largest absolute Gasteiger partial charge is 0.347 e. The van der Waals surface area contributed by atoms with Gasteiger partial charge in [0.05, 0.1) is 18.3 Å². The van der Waals surface area contributed by atoms with Crippen molar-refractivity contribution in [1.82, 2.24) is 19.9 Å². The van der Waals surface area contributed by atoms with Crippen LogP contribution in [0.1, 0.15) is 35.8 Å². The Morgan fingerprint density at radius 3 is 3.00 bits per heavy atom. The molecule has 0 saturated carbocycles. The van der Waals surface area contributed by atoms with Gasteiger partial charge in [-0.3, -0.25) is 14.3 Å². The van der Waals surface area contributed by atoms with E-state index in [1.807, 2.05) is 34.9 Å². The summed E-state index contributed by atoms with van der Waals surface area (Å²) in [6.07, 6.45) is 5.45. The van der Waals surface area contributed by atoms with Gasteiger partial charge in [0.1, 0.15) is 5.69 Å². The minimum Gasteiger partial charge on any atom is -0.347 e. The molecule has 3 aromatic rings. The highest BCUT2D eigenvalue weighted by Gasteiger charge is 2.24. The minimum atomic E-state index is -0.180. The van der Waals surface area contributed by atoms with Crippen LogP contribution in [0.25, 0.3) is 10.9 Å². The molecule has 2 aromatic heterocycles. The number of carbonyl (C=O) groups excluding carboxylic acids is 1. The van der Waals surface area contributed by atoms with Crippen LogP contribution in [0.3, 0.4) is 0 Å². The molecule has 1 aromatic carbocycles. The van der Waals surface area contributed by atoms with Gasteiger partial charge in [0, 0.05) is 37.3 Å². The van der Waals surface area contributed by atoms with Crippen molar-refractivity contribution >= 4 is 22.8 Å². The summed E-state index contributed by atoms with van der Waals surface area (Å²) >= 11 is 0. The molecule has 3 N–H and O–H groups in total. The summed E-state index contributed by atoms with van der Waals surface area (Å²) in [6.45, 7) is 4.22. The molecule has 4 rings (SSSR count). The van der Waals surface area contributed by atoms with Crippen LogP contribution in [0.2, 0.25) is 0 Å². The molecule has 30 heavy (non-hydrogen) atoms. The van der Waals surface area contributed by atoms with Crippen LogP contribution < -0.4 is 16.0 Å². The molecular weight excluding hydrogens is 376 g/mol. The standard InChI is InChI=1S/C23H26N6O/c1-2-3-11-29-21(15-27-23(29)28-10-6-8-19(24)16-28)22(30)26-14-17-12-18-7-4-5-9-20(18)25-13-17/h4-5,7,9,12-13,15,19H,6,8,10-11,14,16,24H2,1H3,(H,26,30). The molecule has 1 aliphatic heterocycles. The Balaban J connectivity index is 1.52.